The van der Waals surface area contributed by atoms with Crippen LogP contribution >= 0.6 is 0 Å². The van der Waals surface area contributed by atoms with Crippen LogP contribution in [-0.2, 0) is 0 Å². The van der Waals surface area contributed by atoms with Gasteiger partial charge in [-0.3, -0.25) is 0 Å². The van der Waals surface area contributed by atoms with Crippen LogP contribution in [0.4, 0.5) is 0 Å². The molecule has 0 spiro atoms. The Labute approximate surface area is 87.1 Å². The second-order valence-electron chi connectivity index (χ2n) is 4.89. The van der Waals surface area contributed by atoms with Crippen LogP contribution in [0.25, 0.3) is 0 Å². The second-order valence-corrected chi connectivity index (χ2v) is 4.89. The lowest BCUT2D eigenvalue weighted by molar-refractivity contribution is 0.173. The molecule has 0 saturated carbocycles. The highest BCUT2D eigenvalue weighted by Crippen LogP contribution is 2.20. The van der Waals surface area contributed by atoms with Crippen LogP contribution in [-0.4, -0.2) is 37.6 Å². The van der Waals surface area contributed by atoms with E-state index in [9.17, 15) is 0 Å². The van der Waals surface area contributed by atoms with Crippen molar-refractivity contribution in [1.82, 2.24) is 10.2 Å². The van der Waals surface area contributed by atoms with Gasteiger partial charge in [-0.2, -0.15) is 5.26 Å². The first-order valence-electron chi connectivity index (χ1n) is 5.37. The first kappa shape index (κ1) is 11.5. The molecule has 0 aromatic carbocycles. The molecule has 1 fully saturated rings. The van der Waals surface area contributed by atoms with Gasteiger partial charge >= 0.3 is 0 Å². The molecule has 80 valence electrons. The molecule has 0 radical (unpaired) electrons. The Bertz CT molecular complexity index is 213. The molecule has 1 rings (SSSR count). The quantitative estimate of drug-likeness (QED) is 0.717. The lowest BCUT2D eigenvalue weighted by Crippen LogP contribution is -2.56. The van der Waals surface area contributed by atoms with Gasteiger partial charge in [0.2, 0.25) is 0 Å². The number of rotatable bonds is 5. The van der Waals surface area contributed by atoms with Crippen molar-refractivity contribution in [3.05, 3.63) is 0 Å². The Morgan fingerprint density at radius 3 is 2.57 bits per heavy atom. The molecule has 1 N–H and O–H groups in total. The topological polar surface area (TPSA) is 39.1 Å². The maximum atomic E-state index is 8.85. The van der Waals surface area contributed by atoms with Crippen LogP contribution in [0.2, 0.25) is 0 Å². The van der Waals surface area contributed by atoms with Gasteiger partial charge in [-0.25, -0.2) is 0 Å². The highest BCUT2D eigenvalue weighted by atomic mass is 15.2. The third-order valence-electron chi connectivity index (χ3n) is 3.00. The van der Waals surface area contributed by atoms with Crippen LogP contribution in [0.15, 0.2) is 0 Å². The van der Waals surface area contributed by atoms with E-state index in [4.69, 9.17) is 5.26 Å². The fourth-order valence-corrected chi connectivity index (χ4v) is 1.59. The molecule has 0 atom stereocenters. The maximum absolute atomic E-state index is 8.85. The summed E-state index contributed by atoms with van der Waals surface area (Å²) in [5, 5.41) is 12.1. The summed E-state index contributed by atoms with van der Waals surface area (Å²) >= 11 is 0. The zero-order valence-electron chi connectivity index (χ0n) is 9.51. The number of hydrogen-bond acceptors (Lipinski definition) is 3. The summed E-state index contributed by atoms with van der Waals surface area (Å²) in [6, 6.07) is 3.06. The Kier molecular flexibility index (Phi) is 3.91. The first-order chi connectivity index (χ1) is 6.55. The molecule has 1 heterocycles. The lowest BCUT2D eigenvalue weighted by Gasteiger charge is -2.35. The van der Waals surface area contributed by atoms with Crippen molar-refractivity contribution in [3.63, 3.8) is 0 Å². The number of nitrogens with one attached hydrogen (secondary N) is 1. The van der Waals surface area contributed by atoms with E-state index in [-0.39, 0.29) is 5.41 Å². The Hall–Kier alpha value is -0.590. The number of hydrogen-bond donors (Lipinski definition) is 1. The zero-order valence-corrected chi connectivity index (χ0v) is 9.51. The molecule has 0 bridgehead atoms. The van der Waals surface area contributed by atoms with Gasteiger partial charge in [-0.1, -0.05) is 0 Å². The highest BCUT2D eigenvalue weighted by Gasteiger charge is 2.22. The van der Waals surface area contributed by atoms with E-state index < -0.39 is 0 Å². The average Bonchev–Trinajstić information content (AvgIpc) is 2.01. The Balaban J connectivity index is 2.11. The first-order valence-corrected chi connectivity index (χ1v) is 5.37. The smallest absolute Gasteiger partial charge is 0.0683 e. The third kappa shape index (κ3) is 3.28. The normalized spacial score (nSPS) is 17.9. The minimum Gasteiger partial charge on any atom is -0.314 e. The average molecular weight is 195 g/mol. The van der Waals surface area contributed by atoms with Gasteiger partial charge < -0.3 is 10.2 Å². The van der Waals surface area contributed by atoms with Crippen LogP contribution < -0.4 is 5.32 Å². The predicted molar refractivity (Wildman–Crippen MR) is 57.9 cm³/mol. The van der Waals surface area contributed by atoms with Gasteiger partial charge in [0.25, 0.3) is 0 Å². The molecule has 3 heteroatoms. The number of nitrogens with zero attached hydrogens (tertiary/aromatic N) is 2. The molecule has 1 aliphatic heterocycles. The van der Waals surface area contributed by atoms with Crippen molar-refractivity contribution >= 4 is 0 Å². The van der Waals surface area contributed by atoms with Gasteiger partial charge in [0.15, 0.2) is 0 Å². The summed E-state index contributed by atoms with van der Waals surface area (Å²) in [5.41, 5.74) is -0.154. The summed E-state index contributed by atoms with van der Waals surface area (Å²) in [5.74, 6) is 0. The van der Waals surface area contributed by atoms with E-state index in [1.54, 1.807) is 0 Å². The second kappa shape index (κ2) is 4.77. The third-order valence-corrected chi connectivity index (χ3v) is 3.00. The Morgan fingerprint density at radius 1 is 1.50 bits per heavy atom. The van der Waals surface area contributed by atoms with Crippen LogP contribution in [0, 0.1) is 16.7 Å². The van der Waals surface area contributed by atoms with Gasteiger partial charge in [0, 0.05) is 19.1 Å². The van der Waals surface area contributed by atoms with Crippen molar-refractivity contribution in [2.24, 2.45) is 5.41 Å². The molecule has 1 aliphatic rings. The van der Waals surface area contributed by atoms with E-state index in [0.29, 0.717) is 0 Å². The van der Waals surface area contributed by atoms with Crippen molar-refractivity contribution in [3.8, 4) is 6.07 Å². The molecular formula is C11H21N3. The van der Waals surface area contributed by atoms with Crippen molar-refractivity contribution in [2.45, 2.75) is 32.7 Å². The van der Waals surface area contributed by atoms with Crippen LogP contribution in [0.1, 0.15) is 26.7 Å². The molecule has 0 aliphatic carbocycles. The largest absolute Gasteiger partial charge is 0.314 e. The highest BCUT2D eigenvalue weighted by molar-refractivity contribution is 4.91. The molecule has 14 heavy (non-hydrogen) atoms. The van der Waals surface area contributed by atoms with Gasteiger partial charge in [0.1, 0.15) is 0 Å². The minimum atomic E-state index is -0.154. The summed E-state index contributed by atoms with van der Waals surface area (Å²) in [7, 11) is 2.17. The summed E-state index contributed by atoms with van der Waals surface area (Å²) in [4.78, 5) is 2.39. The van der Waals surface area contributed by atoms with E-state index in [0.717, 1.165) is 38.5 Å². The fourth-order valence-electron chi connectivity index (χ4n) is 1.59. The maximum Gasteiger partial charge on any atom is 0.0683 e. The molecular weight excluding hydrogens is 174 g/mol. The molecule has 3 nitrogen and oxygen atoms in total. The zero-order chi connectivity index (χ0) is 10.6. The molecule has 0 aromatic rings. The van der Waals surface area contributed by atoms with Gasteiger partial charge in [-0.05, 0) is 40.3 Å². The van der Waals surface area contributed by atoms with Gasteiger partial charge in [0.05, 0.1) is 11.5 Å². The minimum absolute atomic E-state index is 0.154. The van der Waals surface area contributed by atoms with Crippen molar-refractivity contribution in [1.29, 1.82) is 5.26 Å². The van der Waals surface area contributed by atoms with E-state index in [2.05, 4.69) is 23.3 Å². The number of likely N-dealkylation sites (N-methyl/N-ethyl adjacent to an activating group) is 1. The molecule has 0 aromatic heterocycles. The molecule has 0 unspecified atom stereocenters. The Morgan fingerprint density at radius 2 is 2.14 bits per heavy atom. The SMILES string of the molecule is CN(CCCC(C)(C)C#N)C1CNC1. The van der Waals surface area contributed by atoms with E-state index in [1.165, 1.54) is 0 Å². The fraction of sp³-hybridized carbons (Fsp3) is 0.909. The molecule has 1 saturated heterocycles. The van der Waals surface area contributed by atoms with Crippen molar-refractivity contribution < 1.29 is 0 Å². The lowest BCUT2D eigenvalue weighted by atomic mass is 9.89. The predicted octanol–water partition coefficient (Wildman–Crippen LogP) is 1.22. The standard InChI is InChI=1S/C11H21N3/c1-11(2,9-12)5-4-6-14(3)10-7-13-8-10/h10,13H,4-8H2,1-3H3. The van der Waals surface area contributed by atoms with E-state index in [1.807, 2.05) is 13.8 Å². The van der Waals surface area contributed by atoms with Crippen molar-refractivity contribution in [2.75, 3.05) is 26.7 Å². The monoisotopic (exact) mass is 195 g/mol. The van der Waals surface area contributed by atoms with E-state index >= 15 is 0 Å². The molecule has 0 amide bonds. The summed E-state index contributed by atoms with van der Waals surface area (Å²) in [6.45, 7) is 7.38. The number of nitriles is 1. The van der Waals surface area contributed by atoms with Crippen LogP contribution in [0.3, 0.4) is 0 Å². The summed E-state index contributed by atoms with van der Waals surface area (Å²) < 4.78 is 0. The van der Waals surface area contributed by atoms with Crippen LogP contribution in [0.5, 0.6) is 0 Å². The van der Waals surface area contributed by atoms with Gasteiger partial charge in [-0.15, -0.1) is 0 Å². The summed E-state index contributed by atoms with van der Waals surface area (Å²) in [6.07, 6.45) is 2.11.